The van der Waals surface area contributed by atoms with Crippen molar-refractivity contribution in [3.05, 3.63) is 35.4 Å². The molecule has 0 spiro atoms. The largest absolute Gasteiger partial charge is 0.416 e. The van der Waals surface area contributed by atoms with Gasteiger partial charge in [0, 0.05) is 13.1 Å². The molecule has 20 heavy (non-hydrogen) atoms. The third-order valence-electron chi connectivity index (χ3n) is 2.79. The molecular weight excluding hydrogens is 382 g/mol. The van der Waals surface area contributed by atoms with Gasteiger partial charge in [0.1, 0.15) is 0 Å². The molecule has 0 aliphatic heterocycles. The maximum atomic E-state index is 12.4. The summed E-state index contributed by atoms with van der Waals surface area (Å²) in [6.07, 6.45) is -4.30. The van der Waals surface area contributed by atoms with Crippen LogP contribution in [0.4, 0.5) is 13.2 Å². The van der Waals surface area contributed by atoms with Crippen LogP contribution in [0.15, 0.2) is 29.3 Å². The monoisotopic (exact) mass is 401 g/mol. The van der Waals surface area contributed by atoms with E-state index in [4.69, 9.17) is 5.73 Å². The number of nitrogens with zero attached hydrogens (tertiary/aromatic N) is 2. The van der Waals surface area contributed by atoms with Gasteiger partial charge in [-0.1, -0.05) is 12.1 Å². The van der Waals surface area contributed by atoms with Gasteiger partial charge >= 0.3 is 6.18 Å². The van der Waals surface area contributed by atoms with E-state index in [1.165, 1.54) is 12.1 Å². The van der Waals surface area contributed by atoms with E-state index in [2.05, 4.69) is 4.99 Å². The van der Waals surface area contributed by atoms with Crippen molar-refractivity contribution in [2.45, 2.75) is 26.6 Å². The first-order chi connectivity index (χ1) is 8.88. The Balaban J connectivity index is 0.00000361. The van der Waals surface area contributed by atoms with Crippen LogP contribution in [-0.2, 0) is 12.7 Å². The van der Waals surface area contributed by atoms with Gasteiger partial charge in [0.15, 0.2) is 5.96 Å². The Morgan fingerprint density at radius 3 is 2.05 bits per heavy atom. The van der Waals surface area contributed by atoms with E-state index in [1.54, 1.807) is 0 Å². The first-order valence-corrected chi connectivity index (χ1v) is 6.09. The SMILES string of the molecule is CCN(CC)C(N)=NCc1ccc(C(F)(F)F)cc1.I. The van der Waals surface area contributed by atoms with Crippen molar-refractivity contribution >= 4 is 29.9 Å². The Kier molecular flexibility index (Phi) is 7.92. The molecule has 0 atom stereocenters. The van der Waals surface area contributed by atoms with Gasteiger partial charge in [-0.05, 0) is 31.5 Å². The first-order valence-electron chi connectivity index (χ1n) is 6.09. The summed E-state index contributed by atoms with van der Waals surface area (Å²) >= 11 is 0. The summed E-state index contributed by atoms with van der Waals surface area (Å²) < 4.78 is 37.1. The fourth-order valence-electron chi connectivity index (χ4n) is 1.62. The number of aliphatic imine (C=N–C) groups is 1. The quantitative estimate of drug-likeness (QED) is 0.477. The maximum absolute atomic E-state index is 12.4. The standard InChI is InChI=1S/C13H18F3N3.HI/c1-3-19(4-2)12(17)18-9-10-5-7-11(8-6-10)13(14,15)16;/h5-8H,3-4,9H2,1-2H3,(H2,17,18);1H. The van der Waals surface area contributed by atoms with Crippen LogP contribution < -0.4 is 5.73 Å². The van der Waals surface area contributed by atoms with E-state index in [-0.39, 0.29) is 30.5 Å². The van der Waals surface area contributed by atoms with E-state index in [0.717, 1.165) is 25.2 Å². The second kappa shape index (κ2) is 8.33. The lowest BCUT2D eigenvalue weighted by Gasteiger charge is -2.19. The van der Waals surface area contributed by atoms with Crippen molar-refractivity contribution in [1.82, 2.24) is 4.90 Å². The molecule has 0 aromatic heterocycles. The predicted molar refractivity (Wildman–Crippen MR) is 85.1 cm³/mol. The molecule has 1 rings (SSSR count). The van der Waals surface area contributed by atoms with Gasteiger partial charge in [-0.15, -0.1) is 24.0 Å². The van der Waals surface area contributed by atoms with Crippen LogP contribution in [0.5, 0.6) is 0 Å². The molecular formula is C13H19F3IN3. The van der Waals surface area contributed by atoms with Crippen molar-refractivity contribution in [2.75, 3.05) is 13.1 Å². The number of halogens is 4. The Bertz CT molecular complexity index is 425. The molecule has 0 aliphatic rings. The van der Waals surface area contributed by atoms with Crippen molar-refractivity contribution in [3.8, 4) is 0 Å². The van der Waals surface area contributed by atoms with Crippen LogP contribution in [0, 0.1) is 0 Å². The fraction of sp³-hybridized carbons (Fsp3) is 0.462. The third-order valence-corrected chi connectivity index (χ3v) is 2.79. The van der Waals surface area contributed by atoms with E-state index in [1.807, 2.05) is 18.7 Å². The normalized spacial score (nSPS) is 11.9. The highest BCUT2D eigenvalue weighted by Gasteiger charge is 2.29. The van der Waals surface area contributed by atoms with Gasteiger partial charge in [-0.25, -0.2) is 4.99 Å². The number of alkyl halides is 3. The smallest absolute Gasteiger partial charge is 0.370 e. The Hall–Kier alpha value is -0.990. The Morgan fingerprint density at radius 1 is 1.15 bits per heavy atom. The van der Waals surface area contributed by atoms with Gasteiger partial charge in [-0.3, -0.25) is 0 Å². The minimum Gasteiger partial charge on any atom is -0.370 e. The van der Waals surface area contributed by atoms with Crippen LogP contribution in [0.2, 0.25) is 0 Å². The molecule has 0 heterocycles. The van der Waals surface area contributed by atoms with E-state index < -0.39 is 11.7 Å². The van der Waals surface area contributed by atoms with Crippen molar-refractivity contribution in [3.63, 3.8) is 0 Å². The van der Waals surface area contributed by atoms with Crippen LogP contribution >= 0.6 is 24.0 Å². The van der Waals surface area contributed by atoms with E-state index in [9.17, 15) is 13.2 Å². The zero-order valence-corrected chi connectivity index (χ0v) is 13.8. The molecule has 0 fully saturated rings. The topological polar surface area (TPSA) is 41.6 Å². The van der Waals surface area contributed by atoms with Gasteiger partial charge in [0.05, 0.1) is 12.1 Å². The molecule has 0 unspecified atom stereocenters. The summed E-state index contributed by atoms with van der Waals surface area (Å²) in [5.74, 6) is 0.407. The number of rotatable bonds is 4. The molecule has 7 heteroatoms. The lowest BCUT2D eigenvalue weighted by molar-refractivity contribution is -0.137. The second-order valence-corrected chi connectivity index (χ2v) is 4.04. The zero-order valence-electron chi connectivity index (χ0n) is 11.4. The lowest BCUT2D eigenvalue weighted by atomic mass is 10.1. The molecule has 1 aromatic rings. The number of hydrogen-bond donors (Lipinski definition) is 1. The molecule has 0 amide bonds. The molecule has 3 nitrogen and oxygen atoms in total. The van der Waals surface area contributed by atoms with Crippen LogP contribution in [0.3, 0.4) is 0 Å². The number of benzene rings is 1. The highest BCUT2D eigenvalue weighted by atomic mass is 127. The van der Waals surface area contributed by atoms with Crippen molar-refractivity contribution in [1.29, 1.82) is 0 Å². The van der Waals surface area contributed by atoms with Gasteiger partial charge < -0.3 is 10.6 Å². The van der Waals surface area contributed by atoms with Crippen LogP contribution in [0.1, 0.15) is 25.0 Å². The van der Waals surface area contributed by atoms with Crippen molar-refractivity contribution < 1.29 is 13.2 Å². The summed E-state index contributed by atoms with van der Waals surface area (Å²) in [7, 11) is 0. The molecule has 2 N–H and O–H groups in total. The maximum Gasteiger partial charge on any atom is 0.416 e. The summed E-state index contributed by atoms with van der Waals surface area (Å²) in [6.45, 7) is 5.70. The average Bonchev–Trinajstić information content (AvgIpc) is 2.37. The highest BCUT2D eigenvalue weighted by molar-refractivity contribution is 14.0. The molecule has 0 aliphatic carbocycles. The predicted octanol–water partition coefficient (Wildman–Crippen LogP) is 3.48. The summed E-state index contributed by atoms with van der Waals surface area (Å²) in [6, 6.07) is 4.95. The highest BCUT2D eigenvalue weighted by Crippen LogP contribution is 2.29. The minimum absolute atomic E-state index is 0. The third kappa shape index (κ3) is 5.56. The van der Waals surface area contributed by atoms with Gasteiger partial charge in [-0.2, -0.15) is 13.2 Å². The fourth-order valence-corrected chi connectivity index (χ4v) is 1.62. The minimum atomic E-state index is -4.30. The molecule has 0 saturated heterocycles. The lowest BCUT2D eigenvalue weighted by Crippen LogP contribution is -2.37. The summed E-state index contributed by atoms with van der Waals surface area (Å²) in [5.41, 5.74) is 5.82. The summed E-state index contributed by atoms with van der Waals surface area (Å²) in [4.78, 5) is 6.05. The Labute approximate surface area is 134 Å². The second-order valence-electron chi connectivity index (χ2n) is 4.04. The summed E-state index contributed by atoms with van der Waals surface area (Å²) in [5, 5.41) is 0. The first kappa shape index (κ1) is 19.0. The molecule has 114 valence electrons. The van der Waals surface area contributed by atoms with E-state index in [0.29, 0.717) is 11.5 Å². The average molecular weight is 401 g/mol. The molecule has 0 saturated carbocycles. The van der Waals surface area contributed by atoms with Gasteiger partial charge in [0.2, 0.25) is 0 Å². The van der Waals surface area contributed by atoms with Crippen LogP contribution in [0.25, 0.3) is 0 Å². The molecule has 0 radical (unpaired) electrons. The zero-order chi connectivity index (χ0) is 14.5. The molecule has 1 aromatic carbocycles. The van der Waals surface area contributed by atoms with Crippen molar-refractivity contribution in [2.24, 2.45) is 10.7 Å². The Morgan fingerprint density at radius 2 is 1.65 bits per heavy atom. The number of hydrogen-bond acceptors (Lipinski definition) is 1. The van der Waals surface area contributed by atoms with Gasteiger partial charge in [0.25, 0.3) is 0 Å². The van der Waals surface area contributed by atoms with E-state index >= 15 is 0 Å². The number of guanidine groups is 1. The number of nitrogens with two attached hydrogens (primary N) is 1. The molecule has 0 bridgehead atoms. The van der Waals surface area contributed by atoms with Crippen LogP contribution in [-0.4, -0.2) is 23.9 Å².